The normalized spacial score (nSPS) is 33.8. The summed E-state index contributed by atoms with van der Waals surface area (Å²) >= 11 is 0. The lowest BCUT2D eigenvalue weighted by molar-refractivity contribution is 0.148. The van der Waals surface area contributed by atoms with Crippen LogP contribution in [0.1, 0.15) is 84.6 Å². The van der Waals surface area contributed by atoms with Gasteiger partial charge in [0, 0.05) is 16.9 Å². The Morgan fingerprint density at radius 1 is 1.21 bits per heavy atom. The Kier molecular flexibility index (Phi) is 5.03. The molecule has 1 N–H and O–H groups in total. The van der Waals surface area contributed by atoms with Gasteiger partial charge in [-0.2, -0.15) is 5.10 Å². The molecule has 0 radical (unpaired) electrons. The van der Waals surface area contributed by atoms with E-state index in [1.807, 2.05) is 6.07 Å². The minimum Gasteiger partial charge on any atom is -0.331 e. The quantitative estimate of drug-likeness (QED) is 0.658. The fraction of sp³-hybridized carbons (Fsp3) is 0.680. The third-order valence-corrected chi connectivity index (χ3v) is 8.44. The van der Waals surface area contributed by atoms with E-state index in [9.17, 15) is 4.79 Å². The highest BCUT2D eigenvalue weighted by atomic mass is 16.2. The maximum absolute atomic E-state index is 13.4. The minimum absolute atomic E-state index is 0.0178. The van der Waals surface area contributed by atoms with Crippen LogP contribution in [0, 0.1) is 16.7 Å². The van der Waals surface area contributed by atoms with Gasteiger partial charge in [0.1, 0.15) is 0 Å². The van der Waals surface area contributed by atoms with Crippen LogP contribution in [-0.4, -0.2) is 28.8 Å². The van der Waals surface area contributed by atoms with Crippen LogP contribution in [0.5, 0.6) is 0 Å². The number of benzene rings is 1. The summed E-state index contributed by atoms with van der Waals surface area (Å²) in [5, 5.41) is 10.1. The highest BCUT2D eigenvalue weighted by molar-refractivity contribution is 5.98. The first-order chi connectivity index (χ1) is 13.7. The third-order valence-electron chi connectivity index (χ3n) is 8.44. The number of nitrogens with one attached hydrogen (secondary N) is 1. The molecule has 0 spiro atoms. The summed E-state index contributed by atoms with van der Waals surface area (Å²) in [4.78, 5) is 13.4. The number of fused-ring (bicyclic) bond motifs is 2. The number of carbonyl (C=O) groups excluding carboxylic acids is 1. The minimum atomic E-state index is -0.108. The van der Waals surface area contributed by atoms with Gasteiger partial charge >= 0.3 is 6.03 Å². The van der Waals surface area contributed by atoms with E-state index in [0.717, 1.165) is 18.6 Å². The van der Waals surface area contributed by atoms with E-state index >= 15 is 0 Å². The molecule has 1 heterocycles. The van der Waals surface area contributed by atoms with Gasteiger partial charge in [0.25, 0.3) is 0 Å². The van der Waals surface area contributed by atoms with E-state index in [1.165, 1.54) is 31.2 Å². The second-order valence-electron chi connectivity index (χ2n) is 10.6. The van der Waals surface area contributed by atoms with Crippen LogP contribution in [0.15, 0.2) is 35.4 Å². The molecule has 29 heavy (non-hydrogen) atoms. The zero-order valence-corrected chi connectivity index (χ0v) is 18.8. The molecule has 2 atom stereocenters. The fourth-order valence-electron chi connectivity index (χ4n) is 6.32. The zero-order valence-electron chi connectivity index (χ0n) is 18.8. The number of carbonyl (C=O) groups is 1. The summed E-state index contributed by atoms with van der Waals surface area (Å²) in [6.45, 7) is 12.0. The second kappa shape index (κ2) is 7.14. The fourth-order valence-corrected chi connectivity index (χ4v) is 6.32. The van der Waals surface area contributed by atoms with Crippen molar-refractivity contribution in [2.45, 2.75) is 84.6 Å². The molecule has 2 aliphatic carbocycles. The summed E-state index contributed by atoms with van der Waals surface area (Å²) in [7, 11) is 0. The maximum Gasteiger partial charge on any atom is 0.338 e. The highest BCUT2D eigenvalue weighted by Crippen LogP contribution is 2.60. The molecule has 2 amide bonds. The van der Waals surface area contributed by atoms with Crippen molar-refractivity contribution < 1.29 is 4.79 Å². The van der Waals surface area contributed by atoms with Crippen LogP contribution < -0.4 is 5.32 Å². The molecular weight excluding hydrogens is 358 g/mol. The first kappa shape index (κ1) is 20.4. The number of hydrogen-bond acceptors (Lipinski definition) is 2. The summed E-state index contributed by atoms with van der Waals surface area (Å²) in [6, 6.07) is 10.5. The molecule has 2 fully saturated rings. The largest absolute Gasteiger partial charge is 0.338 e. The lowest BCUT2D eigenvalue weighted by atomic mass is 9.75. The van der Waals surface area contributed by atoms with Crippen LogP contribution >= 0.6 is 0 Å². The molecule has 158 valence electrons. The zero-order chi connectivity index (χ0) is 20.9. The van der Waals surface area contributed by atoms with Crippen LogP contribution in [0.4, 0.5) is 4.79 Å². The van der Waals surface area contributed by atoms with Crippen LogP contribution in [-0.2, 0) is 0 Å². The van der Waals surface area contributed by atoms with Crippen molar-refractivity contribution in [1.82, 2.24) is 10.3 Å². The number of amides is 2. The summed E-state index contributed by atoms with van der Waals surface area (Å²) in [6.07, 6.45) is 7.09. The molecule has 2 bridgehead atoms. The van der Waals surface area contributed by atoms with Crippen molar-refractivity contribution in [3.8, 4) is 0 Å². The Morgan fingerprint density at radius 3 is 2.41 bits per heavy atom. The van der Waals surface area contributed by atoms with Gasteiger partial charge in [0.2, 0.25) is 0 Å². The smallest absolute Gasteiger partial charge is 0.331 e. The van der Waals surface area contributed by atoms with Gasteiger partial charge in [-0.1, -0.05) is 64.4 Å². The SMILES string of the molecule is CCCC(C)(C)C1=NN(C(=O)NC2(C)C3CCC2(C)CC3)CC1c1ccccc1. The van der Waals surface area contributed by atoms with Gasteiger partial charge in [-0.25, -0.2) is 9.80 Å². The average molecular weight is 396 g/mol. The molecular formula is C25H37N3O. The average Bonchev–Trinajstić information content (AvgIpc) is 3.31. The number of urea groups is 1. The molecule has 4 rings (SSSR count). The van der Waals surface area contributed by atoms with Gasteiger partial charge in [0.15, 0.2) is 0 Å². The van der Waals surface area contributed by atoms with Gasteiger partial charge in [-0.05, 0) is 55.9 Å². The first-order valence-electron chi connectivity index (χ1n) is 11.4. The molecule has 2 unspecified atom stereocenters. The molecule has 3 aliphatic rings. The second-order valence-corrected chi connectivity index (χ2v) is 10.6. The van der Waals surface area contributed by atoms with E-state index < -0.39 is 0 Å². The maximum atomic E-state index is 13.4. The van der Waals surface area contributed by atoms with E-state index in [1.54, 1.807) is 5.01 Å². The Morgan fingerprint density at radius 2 is 1.86 bits per heavy atom. The summed E-state index contributed by atoms with van der Waals surface area (Å²) in [5.74, 6) is 0.774. The standard InChI is InChI=1S/C25H37N3O/c1-6-14-23(2,3)21-20(18-10-8-7-9-11-18)17-28(27-21)22(29)26-25(5)19-12-15-24(25,4)16-13-19/h7-11,19-20H,6,12-17H2,1-5H3,(H,26,29). The van der Waals surface area contributed by atoms with Gasteiger partial charge in [-0.3, -0.25) is 0 Å². The van der Waals surface area contributed by atoms with Gasteiger partial charge in [0.05, 0.1) is 12.3 Å². The number of rotatable bonds is 5. The van der Waals surface area contributed by atoms with Crippen molar-refractivity contribution >= 4 is 11.7 Å². The molecule has 0 aromatic heterocycles. The highest BCUT2D eigenvalue weighted by Gasteiger charge is 2.60. The topological polar surface area (TPSA) is 44.7 Å². The monoisotopic (exact) mass is 395 g/mol. The van der Waals surface area contributed by atoms with Crippen LogP contribution in [0.2, 0.25) is 0 Å². The Bertz CT molecular complexity index is 792. The van der Waals surface area contributed by atoms with Gasteiger partial charge < -0.3 is 5.32 Å². The molecule has 1 aliphatic heterocycles. The molecule has 2 saturated carbocycles. The van der Waals surface area contributed by atoms with Gasteiger partial charge in [-0.15, -0.1) is 0 Å². The van der Waals surface area contributed by atoms with E-state index in [0.29, 0.717) is 12.5 Å². The first-order valence-corrected chi connectivity index (χ1v) is 11.4. The Balaban J connectivity index is 1.59. The predicted molar refractivity (Wildman–Crippen MR) is 119 cm³/mol. The lowest BCUT2D eigenvalue weighted by Crippen LogP contribution is -2.56. The van der Waals surface area contributed by atoms with Crippen LogP contribution in [0.25, 0.3) is 0 Å². The Labute approximate surface area is 176 Å². The van der Waals surface area contributed by atoms with Crippen molar-refractivity contribution in [1.29, 1.82) is 0 Å². The summed E-state index contributed by atoms with van der Waals surface area (Å²) < 4.78 is 0. The summed E-state index contributed by atoms with van der Waals surface area (Å²) in [5.41, 5.74) is 2.49. The van der Waals surface area contributed by atoms with E-state index in [2.05, 4.69) is 64.2 Å². The molecule has 1 aromatic carbocycles. The molecule has 4 heteroatoms. The lowest BCUT2D eigenvalue weighted by Gasteiger charge is -2.39. The van der Waals surface area contributed by atoms with Crippen LogP contribution in [0.3, 0.4) is 0 Å². The van der Waals surface area contributed by atoms with E-state index in [4.69, 9.17) is 5.10 Å². The number of hydrazone groups is 1. The van der Waals surface area contributed by atoms with Crippen molar-refractivity contribution in [2.75, 3.05) is 6.54 Å². The van der Waals surface area contributed by atoms with Crippen molar-refractivity contribution in [3.63, 3.8) is 0 Å². The number of hydrogen-bond donors (Lipinski definition) is 1. The number of nitrogens with zero attached hydrogens (tertiary/aromatic N) is 2. The predicted octanol–water partition coefficient (Wildman–Crippen LogP) is 5.95. The Hall–Kier alpha value is -1.84. The van der Waals surface area contributed by atoms with Crippen molar-refractivity contribution in [3.05, 3.63) is 35.9 Å². The molecule has 0 saturated heterocycles. The molecule has 4 nitrogen and oxygen atoms in total. The molecule has 1 aromatic rings. The third kappa shape index (κ3) is 3.29. The van der Waals surface area contributed by atoms with Crippen molar-refractivity contribution in [2.24, 2.45) is 21.8 Å². The van der Waals surface area contributed by atoms with E-state index in [-0.39, 0.29) is 28.3 Å².